The van der Waals surface area contributed by atoms with Gasteiger partial charge < -0.3 is 14.7 Å². The predicted octanol–water partition coefficient (Wildman–Crippen LogP) is 7.83. The van der Waals surface area contributed by atoms with E-state index in [1.807, 2.05) is 0 Å². The molecule has 4 aromatic rings. The first-order valence-electron chi connectivity index (χ1n) is 12.5. The van der Waals surface area contributed by atoms with Crippen LogP contribution in [-0.2, 0) is 13.0 Å². The van der Waals surface area contributed by atoms with Crippen molar-refractivity contribution in [3.63, 3.8) is 0 Å². The van der Waals surface area contributed by atoms with E-state index in [1.54, 1.807) is 7.11 Å². The van der Waals surface area contributed by atoms with E-state index in [2.05, 4.69) is 104 Å². The van der Waals surface area contributed by atoms with Gasteiger partial charge in [-0.25, -0.2) is 0 Å². The molecule has 0 spiro atoms. The molecule has 35 heavy (non-hydrogen) atoms. The van der Waals surface area contributed by atoms with Crippen LogP contribution >= 0.6 is 0 Å². The molecule has 1 unspecified atom stereocenters. The average Bonchev–Trinajstić information content (AvgIpc) is 2.89. The Morgan fingerprint density at radius 2 is 1.63 bits per heavy atom. The van der Waals surface area contributed by atoms with Crippen LogP contribution in [0.1, 0.15) is 53.6 Å². The molecule has 3 nitrogen and oxygen atoms in total. The van der Waals surface area contributed by atoms with Gasteiger partial charge in [0.25, 0.3) is 0 Å². The van der Waals surface area contributed by atoms with Crippen LogP contribution in [0.3, 0.4) is 0 Å². The largest absolute Gasteiger partial charge is 0.507 e. The van der Waals surface area contributed by atoms with Gasteiger partial charge in [-0.05, 0) is 54.7 Å². The molecule has 4 aromatic carbocycles. The number of hydrogen-bond donors (Lipinski definition) is 1. The second-order valence-corrected chi connectivity index (χ2v) is 9.43. The molecular formula is C32H33NO2. The van der Waals surface area contributed by atoms with E-state index < -0.39 is 0 Å². The van der Waals surface area contributed by atoms with Gasteiger partial charge in [-0.1, -0.05) is 85.6 Å². The van der Waals surface area contributed by atoms with Gasteiger partial charge >= 0.3 is 0 Å². The summed E-state index contributed by atoms with van der Waals surface area (Å²) >= 11 is 0. The van der Waals surface area contributed by atoms with Crippen molar-refractivity contribution in [2.45, 2.75) is 45.7 Å². The number of phenols is 1. The monoisotopic (exact) mass is 463 g/mol. The van der Waals surface area contributed by atoms with Crippen molar-refractivity contribution >= 4 is 5.69 Å². The van der Waals surface area contributed by atoms with Gasteiger partial charge in [0.1, 0.15) is 11.5 Å². The first kappa shape index (κ1) is 23.0. The summed E-state index contributed by atoms with van der Waals surface area (Å²) in [5.41, 5.74) is 8.69. The summed E-state index contributed by atoms with van der Waals surface area (Å²) in [5.74, 6) is 1.23. The lowest BCUT2D eigenvalue weighted by molar-refractivity contribution is 0.402. The van der Waals surface area contributed by atoms with Gasteiger partial charge in [0.05, 0.1) is 13.2 Å². The number of aromatic hydroxyl groups is 1. The summed E-state index contributed by atoms with van der Waals surface area (Å²) in [6, 6.07) is 29.7. The second kappa shape index (κ2) is 9.87. The van der Waals surface area contributed by atoms with E-state index >= 15 is 0 Å². The Kier molecular flexibility index (Phi) is 6.50. The van der Waals surface area contributed by atoms with Crippen molar-refractivity contribution in [1.82, 2.24) is 0 Å². The van der Waals surface area contributed by atoms with Crippen LogP contribution in [0.15, 0.2) is 84.9 Å². The number of fused-ring (bicyclic) bond motifs is 3. The van der Waals surface area contributed by atoms with Crippen LogP contribution in [0.2, 0.25) is 0 Å². The number of hydrogen-bond acceptors (Lipinski definition) is 3. The fourth-order valence-corrected chi connectivity index (χ4v) is 5.32. The van der Waals surface area contributed by atoms with Crippen molar-refractivity contribution in [2.24, 2.45) is 0 Å². The highest BCUT2D eigenvalue weighted by atomic mass is 16.5. The number of rotatable bonds is 7. The third kappa shape index (κ3) is 4.27. The van der Waals surface area contributed by atoms with Crippen LogP contribution in [0.5, 0.6) is 11.5 Å². The second-order valence-electron chi connectivity index (χ2n) is 9.43. The van der Waals surface area contributed by atoms with Crippen LogP contribution in [0.4, 0.5) is 5.69 Å². The lowest BCUT2D eigenvalue weighted by Gasteiger charge is -2.42. The summed E-state index contributed by atoms with van der Waals surface area (Å²) in [4.78, 5) is 2.45. The van der Waals surface area contributed by atoms with Crippen LogP contribution < -0.4 is 9.64 Å². The molecule has 1 aliphatic rings. The highest BCUT2D eigenvalue weighted by Gasteiger charge is 2.37. The summed E-state index contributed by atoms with van der Waals surface area (Å²) in [6.07, 6.45) is 2.93. The zero-order valence-corrected chi connectivity index (χ0v) is 20.8. The molecule has 1 atom stereocenters. The summed E-state index contributed by atoms with van der Waals surface area (Å²) in [7, 11) is 1.74. The highest BCUT2D eigenvalue weighted by molar-refractivity contribution is 5.91. The SMILES string of the molecule is CCCCc1cc(OC)c2c(c1O)-c1cc(C)ccc1N(Cc1ccccc1)C2c1ccccc1. The molecule has 0 fully saturated rings. The molecular weight excluding hydrogens is 430 g/mol. The van der Waals surface area contributed by atoms with Gasteiger partial charge in [0.15, 0.2) is 0 Å². The van der Waals surface area contributed by atoms with E-state index in [1.165, 1.54) is 16.7 Å². The smallest absolute Gasteiger partial charge is 0.127 e. The molecule has 3 heteroatoms. The number of unbranched alkanes of at least 4 members (excludes halogenated alkanes) is 1. The maximum atomic E-state index is 11.7. The lowest BCUT2D eigenvalue weighted by atomic mass is 9.81. The maximum Gasteiger partial charge on any atom is 0.127 e. The minimum atomic E-state index is -0.0947. The van der Waals surface area contributed by atoms with Gasteiger partial charge in [-0.15, -0.1) is 0 Å². The van der Waals surface area contributed by atoms with Crippen LogP contribution in [-0.4, -0.2) is 12.2 Å². The highest BCUT2D eigenvalue weighted by Crippen LogP contribution is 2.55. The van der Waals surface area contributed by atoms with E-state index in [0.29, 0.717) is 5.75 Å². The zero-order chi connectivity index (χ0) is 24.4. The summed E-state index contributed by atoms with van der Waals surface area (Å²) in [5, 5.41) is 11.7. The summed E-state index contributed by atoms with van der Waals surface area (Å²) < 4.78 is 6.05. The van der Waals surface area contributed by atoms with Crippen molar-refractivity contribution < 1.29 is 9.84 Å². The lowest BCUT2D eigenvalue weighted by Crippen LogP contribution is -2.33. The number of nitrogens with zero attached hydrogens (tertiary/aromatic N) is 1. The molecule has 5 rings (SSSR count). The Bertz CT molecular complexity index is 1310. The van der Waals surface area contributed by atoms with E-state index in [9.17, 15) is 5.11 Å². The Labute approximate surface area is 208 Å². The molecule has 0 aliphatic carbocycles. The third-order valence-electron chi connectivity index (χ3n) is 7.03. The molecule has 0 amide bonds. The first-order chi connectivity index (χ1) is 17.1. The van der Waals surface area contributed by atoms with Crippen molar-refractivity contribution in [1.29, 1.82) is 0 Å². The molecule has 0 saturated heterocycles. The molecule has 1 heterocycles. The topological polar surface area (TPSA) is 32.7 Å². The first-order valence-corrected chi connectivity index (χ1v) is 12.5. The number of ether oxygens (including phenoxy) is 1. The van der Waals surface area contributed by atoms with Crippen LogP contribution in [0.25, 0.3) is 11.1 Å². The number of methoxy groups -OCH3 is 1. The van der Waals surface area contributed by atoms with Crippen molar-refractivity contribution in [3.05, 3.63) is 113 Å². The molecule has 0 bridgehead atoms. The van der Waals surface area contributed by atoms with E-state index in [-0.39, 0.29) is 6.04 Å². The fourth-order valence-electron chi connectivity index (χ4n) is 5.32. The van der Waals surface area contributed by atoms with Gasteiger partial charge in [-0.2, -0.15) is 0 Å². The number of phenolic OH excluding ortho intramolecular Hbond substituents is 1. The average molecular weight is 464 g/mol. The normalized spacial score (nSPS) is 14.4. The van der Waals surface area contributed by atoms with Gasteiger partial charge in [-0.3, -0.25) is 0 Å². The number of benzene rings is 4. The molecule has 1 N–H and O–H groups in total. The number of aryl methyl sites for hydroxylation is 2. The Morgan fingerprint density at radius 3 is 2.31 bits per heavy atom. The van der Waals surface area contributed by atoms with Gasteiger partial charge in [0.2, 0.25) is 0 Å². The summed E-state index contributed by atoms with van der Waals surface area (Å²) in [6.45, 7) is 5.04. The Morgan fingerprint density at radius 1 is 0.914 bits per heavy atom. The zero-order valence-electron chi connectivity index (χ0n) is 20.8. The predicted molar refractivity (Wildman–Crippen MR) is 144 cm³/mol. The molecule has 0 aromatic heterocycles. The molecule has 1 aliphatic heterocycles. The van der Waals surface area contributed by atoms with Crippen LogP contribution in [0, 0.1) is 6.92 Å². The fraction of sp³-hybridized carbons (Fsp3) is 0.250. The third-order valence-corrected chi connectivity index (χ3v) is 7.03. The van der Waals surface area contributed by atoms with Crippen molar-refractivity contribution in [2.75, 3.05) is 12.0 Å². The van der Waals surface area contributed by atoms with E-state index in [0.717, 1.165) is 59.5 Å². The molecule has 0 saturated carbocycles. The minimum Gasteiger partial charge on any atom is -0.507 e. The number of anilines is 1. The Hall–Kier alpha value is -3.72. The maximum absolute atomic E-state index is 11.7. The minimum absolute atomic E-state index is 0.0947. The standard InChI is InChI=1S/C32H33NO2/c1-4-5-14-25-20-28(35-3)30-29(32(25)34)26-19-22(2)17-18-27(26)33(21-23-12-8-6-9-13-23)31(30)24-15-10-7-11-16-24/h6-13,15-20,31,34H,4-5,14,21H2,1-3H3. The van der Waals surface area contributed by atoms with E-state index in [4.69, 9.17) is 4.74 Å². The van der Waals surface area contributed by atoms with Crippen molar-refractivity contribution in [3.8, 4) is 22.6 Å². The molecule has 0 radical (unpaired) electrons. The molecule has 178 valence electrons. The Balaban J connectivity index is 1.81. The van der Waals surface area contributed by atoms with Gasteiger partial charge in [0, 0.05) is 28.9 Å². The quantitative estimate of drug-likeness (QED) is 0.303.